The Bertz CT molecular complexity index is 393. The van der Waals surface area contributed by atoms with E-state index in [9.17, 15) is 4.79 Å². The summed E-state index contributed by atoms with van der Waals surface area (Å²) >= 11 is 1.85. The topological polar surface area (TPSA) is 55.1 Å². The second kappa shape index (κ2) is 6.67. The van der Waals surface area contributed by atoms with Gasteiger partial charge < -0.3 is 11.1 Å². The minimum absolute atomic E-state index is 0.0167. The average Bonchev–Trinajstić information content (AvgIpc) is 2.32. The number of amides is 1. The van der Waals surface area contributed by atoms with Crippen molar-refractivity contribution in [3.63, 3.8) is 0 Å². The van der Waals surface area contributed by atoms with Crippen LogP contribution in [-0.4, -0.2) is 17.7 Å². The van der Waals surface area contributed by atoms with Gasteiger partial charge in [-0.3, -0.25) is 4.79 Å². The van der Waals surface area contributed by atoms with Crippen LogP contribution in [0, 0.1) is 6.92 Å². The van der Waals surface area contributed by atoms with E-state index < -0.39 is 0 Å². The second-order valence-corrected chi connectivity index (χ2v) is 5.58. The van der Waals surface area contributed by atoms with Crippen molar-refractivity contribution in [1.29, 1.82) is 0 Å². The lowest BCUT2D eigenvalue weighted by Gasteiger charge is -2.12. The van der Waals surface area contributed by atoms with Gasteiger partial charge in [-0.25, -0.2) is 0 Å². The third kappa shape index (κ3) is 4.40. The van der Waals surface area contributed by atoms with Crippen molar-refractivity contribution in [3.05, 3.63) is 23.8 Å². The number of nitrogens with two attached hydrogens (primary N) is 1. The van der Waals surface area contributed by atoms with Crippen molar-refractivity contribution in [2.45, 2.75) is 37.3 Å². The smallest absolute Gasteiger partial charge is 0.238 e. The fourth-order valence-electron chi connectivity index (χ4n) is 1.37. The second-order valence-electron chi connectivity index (χ2n) is 4.07. The van der Waals surface area contributed by atoms with E-state index in [1.165, 1.54) is 4.90 Å². The summed E-state index contributed by atoms with van der Waals surface area (Å²) in [4.78, 5) is 12.4. The zero-order valence-corrected chi connectivity index (χ0v) is 11.4. The molecule has 0 radical (unpaired) electrons. The number of rotatable bonds is 5. The summed E-state index contributed by atoms with van der Waals surface area (Å²) in [6.07, 6.45) is 1.15. The van der Waals surface area contributed by atoms with E-state index in [0.717, 1.165) is 17.7 Å². The first kappa shape index (κ1) is 14.1. The lowest BCUT2D eigenvalue weighted by molar-refractivity contribution is -0.114. The van der Waals surface area contributed by atoms with Gasteiger partial charge in [0.2, 0.25) is 5.91 Å². The molecule has 0 bridgehead atoms. The van der Waals surface area contributed by atoms with Crippen LogP contribution in [-0.2, 0) is 4.79 Å². The van der Waals surface area contributed by atoms with E-state index in [1.807, 2.05) is 30.8 Å². The molecule has 0 spiro atoms. The summed E-state index contributed by atoms with van der Waals surface area (Å²) in [5, 5.41) is 3.39. The first-order valence-corrected chi connectivity index (χ1v) is 6.72. The van der Waals surface area contributed by atoms with Crippen molar-refractivity contribution in [3.8, 4) is 0 Å². The lowest BCUT2D eigenvalue weighted by Crippen LogP contribution is -2.22. The summed E-state index contributed by atoms with van der Waals surface area (Å²) in [5.41, 5.74) is 7.18. The minimum Gasteiger partial charge on any atom is -0.325 e. The Morgan fingerprint density at radius 2 is 2.24 bits per heavy atom. The molecule has 3 nitrogen and oxygen atoms in total. The Balaban J connectivity index is 2.75. The molecule has 1 atom stereocenters. The van der Waals surface area contributed by atoms with Gasteiger partial charge in [0.25, 0.3) is 0 Å². The number of thioether (sulfide) groups is 1. The first-order chi connectivity index (χ1) is 8.06. The largest absolute Gasteiger partial charge is 0.325 e. The number of carbonyl (C=O) groups is 1. The Kier molecular flexibility index (Phi) is 5.51. The van der Waals surface area contributed by atoms with Gasteiger partial charge in [0.05, 0.1) is 6.54 Å². The number of aryl methyl sites for hydroxylation is 1. The van der Waals surface area contributed by atoms with E-state index in [-0.39, 0.29) is 12.5 Å². The zero-order chi connectivity index (χ0) is 12.8. The highest BCUT2D eigenvalue weighted by Gasteiger charge is 2.06. The summed E-state index contributed by atoms with van der Waals surface area (Å²) in [5.74, 6) is -0.157. The van der Waals surface area contributed by atoms with Crippen LogP contribution in [0.4, 0.5) is 5.69 Å². The Hall–Kier alpha value is -1.00. The van der Waals surface area contributed by atoms with Crippen LogP contribution in [0.3, 0.4) is 0 Å². The number of benzene rings is 1. The molecule has 0 aromatic heterocycles. The Morgan fingerprint density at radius 1 is 1.53 bits per heavy atom. The maximum Gasteiger partial charge on any atom is 0.238 e. The van der Waals surface area contributed by atoms with E-state index in [1.54, 1.807) is 0 Å². The molecule has 0 saturated heterocycles. The normalized spacial score (nSPS) is 12.2. The van der Waals surface area contributed by atoms with Gasteiger partial charge in [0.1, 0.15) is 0 Å². The third-order valence-electron chi connectivity index (χ3n) is 2.57. The van der Waals surface area contributed by atoms with Crippen molar-refractivity contribution < 1.29 is 4.79 Å². The molecular weight excluding hydrogens is 232 g/mol. The third-order valence-corrected chi connectivity index (χ3v) is 3.83. The van der Waals surface area contributed by atoms with Gasteiger partial charge in [-0.2, -0.15) is 0 Å². The van der Waals surface area contributed by atoms with Gasteiger partial charge in [-0.15, -0.1) is 11.8 Å². The zero-order valence-electron chi connectivity index (χ0n) is 10.6. The highest BCUT2D eigenvalue weighted by atomic mass is 32.2. The number of hydrogen-bond acceptors (Lipinski definition) is 3. The van der Waals surface area contributed by atoms with Crippen molar-refractivity contribution in [1.82, 2.24) is 0 Å². The standard InChI is InChI=1S/C13H20N2OS/c1-4-10(3)17-11-5-6-12(9(2)7-11)15-13(16)8-14/h5-7,10H,4,8,14H2,1-3H3,(H,15,16). The molecule has 0 aliphatic carbocycles. The molecule has 0 fully saturated rings. The summed E-state index contributed by atoms with van der Waals surface area (Å²) < 4.78 is 0. The molecular formula is C13H20N2OS. The maximum absolute atomic E-state index is 11.2. The van der Waals surface area contributed by atoms with Crippen LogP contribution in [0.5, 0.6) is 0 Å². The van der Waals surface area contributed by atoms with Crippen LogP contribution in [0.2, 0.25) is 0 Å². The van der Waals surface area contributed by atoms with Gasteiger partial charge >= 0.3 is 0 Å². The highest BCUT2D eigenvalue weighted by Crippen LogP contribution is 2.28. The molecule has 1 unspecified atom stereocenters. The average molecular weight is 252 g/mol. The molecule has 1 rings (SSSR count). The van der Waals surface area contributed by atoms with E-state index in [2.05, 4.69) is 25.2 Å². The van der Waals surface area contributed by atoms with Crippen LogP contribution >= 0.6 is 11.8 Å². The number of nitrogens with one attached hydrogen (secondary N) is 1. The molecule has 0 aliphatic rings. The van der Waals surface area contributed by atoms with Crippen LogP contribution in [0.15, 0.2) is 23.1 Å². The SMILES string of the molecule is CCC(C)Sc1ccc(NC(=O)CN)c(C)c1. The van der Waals surface area contributed by atoms with Gasteiger partial charge in [0, 0.05) is 15.8 Å². The molecule has 1 aromatic rings. The monoisotopic (exact) mass is 252 g/mol. The number of carbonyl (C=O) groups excluding carboxylic acids is 1. The summed E-state index contributed by atoms with van der Waals surface area (Å²) in [6, 6.07) is 6.08. The van der Waals surface area contributed by atoms with Crippen molar-refractivity contribution in [2.24, 2.45) is 5.73 Å². The quantitative estimate of drug-likeness (QED) is 0.792. The van der Waals surface area contributed by atoms with Crippen LogP contribution < -0.4 is 11.1 Å². The molecule has 0 heterocycles. The Morgan fingerprint density at radius 3 is 2.76 bits per heavy atom. The van der Waals surface area contributed by atoms with Gasteiger partial charge in [-0.1, -0.05) is 13.8 Å². The first-order valence-electron chi connectivity index (χ1n) is 5.84. The molecule has 0 aliphatic heterocycles. The highest BCUT2D eigenvalue weighted by molar-refractivity contribution is 7.99. The van der Waals surface area contributed by atoms with E-state index in [0.29, 0.717) is 5.25 Å². The van der Waals surface area contributed by atoms with Gasteiger partial charge in [-0.05, 0) is 37.1 Å². The van der Waals surface area contributed by atoms with E-state index in [4.69, 9.17) is 5.73 Å². The maximum atomic E-state index is 11.2. The predicted octanol–water partition coefficient (Wildman–Crippen LogP) is 2.78. The Labute approximate surface area is 107 Å². The van der Waals surface area contributed by atoms with Crippen LogP contribution in [0.1, 0.15) is 25.8 Å². The fraction of sp³-hybridized carbons (Fsp3) is 0.462. The predicted molar refractivity (Wildman–Crippen MR) is 74.5 cm³/mol. The number of anilines is 1. The molecule has 0 saturated carbocycles. The van der Waals surface area contributed by atoms with Crippen molar-refractivity contribution in [2.75, 3.05) is 11.9 Å². The molecule has 17 heavy (non-hydrogen) atoms. The number of hydrogen-bond donors (Lipinski definition) is 2. The van der Waals surface area contributed by atoms with Crippen molar-refractivity contribution >= 4 is 23.4 Å². The molecule has 1 aromatic carbocycles. The fourth-order valence-corrected chi connectivity index (χ4v) is 2.39. The molecule has 1 amide bonds. The van der Waals surface area contributed by atoms with Gasteiger partial charge in [0.15, 0.2) is 0 Å². The summed E-state index contributed by atoms with van der Waals surface area (Å²) in [7, 11) is 0. The minimum atomic E-state index is -0.157. The summed E-state index contributed by atoms with van der Waals surface area (Å²) in [6.45, 7) is 6.40. The molecule has 4 heteroatoms. The lowest BCUT2D eigenvalue weighted by atomic mass is 10.2. The molecule has 94 valence electrons. The van der Waals surface area contributed by atoms with Crippen LogP contribution in [0.25, 0.3) is 0 Å². The molecule has 3 N–H and O–H groups in total. The van der Waals surface area contributed by atoms with E-state index >= 15 is 0 Å².